The van der Waals surface area contributed by atoms with Crippen LogP contribution in [0.5, 0.6) is 0 Å². The van der Waals surface area contributed by atoms with Gasteiger partial charge in [-0.15, -0.1) is 10.2 Å². The van der Waals surface area contributed by atoms with E-state index in [4.69, 9.17) is 0 Å². The van der Waals surface area contributed by atoms with Crippen LogP contribution in [0.25, 0.3) is 0 Å². The smallest absolute Gasteiger partial charge is 0.282 e. The van der Waals surface area contributed by atoms with E-state index >= 15 is 0 Å². The molecule has 1 aromatic heterocycles. The predicted molar refractivity (Wildman–Crippen MR) is 79.9 cm³/mol. The molecule has 2 aromatic rings. The highest BCUT2D eigenvalue weighted by atomic mass is 32.1. The number of hydrogen-bond acceptors (Lipinski definition) is 7. The molecule has 110 valence electrons. The molecule has 2 N–H and O–H groups in total. The monoisotopic (exact) mass is 307 g/mol. The lowest BCUT2D eigenvalue weighted by molar-refractivity contribution is -0.385. The van der Waals surface area contributed by atoms with Gasteiger partial charge < -0.3 is 5.32 Å². The molecular weight excluding hydrogens is 294 g/mol. The summed E-state index contributed by atoms with van der Waals surface area (Å²) < 4.78 is 0. The van der Waals surface area contributed by atoms with Crippen molar-refractivity contribution in [3.63, 3.8) is 0 Å². The van der Waals surface area contributed by atoms with Crippen LogP contribution in [0.1, 0.15) is 22.3 Å². The first-order valence-electron chi connectivity index (χ1n) is 6.15. The Balaban J connectivity index is 2.32. The van der Waals surface area contributed by atoms with E-state index in [1.165, 1.54) is 23.5 Å². The summed E-state index contributed by atoms with van der Waals surface area (Å²) in [5.74, 6) is -0.586. The van der Waals surface area contributed by atoms with Crippen molar-refractivity contribution in [1.29, 1.82) is 0 Å². The molecule has 0 aliphatic rings. The molecule has 1 aromatic carbocycles. The zero-order valence-electron chi connectivity index (χ0n) is 11.4. The fourth-order valence-corrected chi connectivity index (χ4v) is 2.29. The van der Waals surface area contributed by atoms with Crippen molar-refractivity contribution < 1.29 is 9.72 Å². The zero-order valence-corrected chi connectivity index (χ0v) is 12.2. The van der Waals surface area contributed by atoms with E-state index in [1.54, 1.807) is 13.0 Å². The van der Waals surface area contributed by atoms with Crippen LogP contribution < -0.4 is 10.6 Å². The number of carbonyl (C=O) groups excluding carboxylic acids is 1. The van der Waals surface area contributed by atoms with Crippen molar-refractivity contribution in [1.82, 2.24) is 10.2 Å². The number of nitrogens with zero attached hydrogens (tertiary/aromatic N) is 3. The Hall–Kier alpha value is -2.55. The Morgan fingerprint density at radius 1 is 1.43 bits per heavy atom. The van der Waals surface area contributed by atoms with Crippen LogP contribution in [0.4, 0.5) is 16.5 Å². The molecule has 8 nitrogen and oxygen atoms in total. The zero-order chi connectivity index (χ0) is 15.4. The SMILES string of the molecule is CCNc1ccc([N+](=O)[O-])c(C(=O)Nc2nnc(C)s2)c1. The van der Waals surface area contributed by atoms with E-state index in [-0.39, 0.29) is 11.3 Å². The number of amides is 1. The van der Waals surface area contributed by atoms with Crippen LogP contribution in [-0.2, 0) is 0 Å². The summed E-state index contributed by atoms with van der Waals surface area (Å²) in [5, 5.41) is 25.1. The van der Waals surface area contributed by atoms with Gasteiger partial charge in [0.05, 0.1) is 4.92 Å². The van der Waals surface area contributed by atoms with Crippen molar-refractivity contribution in [3.8, 4) is 0 Å². The van der Waals surface area contributed by atoms with Crippen LogP contribution >= 0.6 is 11.3 Å². The van der Waals surface area contributed by atoms with E-state index in [0.29, 0.717) is 22.4 Å². The molecule has 0 bridgehead atoms. The second kappa shape index (κ2) is 6.27. The molecule has 0 aliphatic heterocycles. The number of benzene rings is 1. The topological polar surface area (TPSA) is 110 Å². The molecular formula is C12H13N5O3S. The molecule has 0 saturated heterocycles. The maximum Gasteiger partial charge on any atom is 0.282 e. The summed E-state index contributed by atoms with van der Waals surface area (Å²) in [6.07, 6.45) is 0. The van der Waals surface area contributed by atoms with Crippen LogP contribution in [0.15, 0.2) is 18.2 Å². The molecule has 0 aliphatic carbocycles. The highest BCUT2D eigenvalue weighted by molar-refractivity contribution is 7.15. The van der Waals surface area contributed by atoms with Crippen LogP contribution in [0.3, 0.4) is 0 Å². The van der Waals surface area contributed by atoms with Crippen LogP contribution in [0, 0.1) is 17.0 Å². The quantitative estimate of drug-likeness (QED) is 0.648. The summed E-state index contributed by atoms with van der Waals surface area (Å²) >= 11 is 1.20. The van der Waals surface area contributed by atoms with Crippen molar-refractivity contribution >= 4 is 33.8 Å². The van der Waals surface area contributed by atoms with Gasteiger partial charge in [0, 0.05) is 18.3 Å². The van der Waals surface area contributed by atoms with E-state index in [2.05, 4.69) is 20.8 Å². The lowest BCUT2D eigenvalue weighted by Crippen LogP contribution is -2.14. The molecule has 0 spiro atoms. The number of nitro benzene ring substituents is 1. The molecule has 0 unspecified atom stereocenters. The minimum atomic E-state index is -0.587. The molecule has 9 heteroatoms. The summed E-state index contributed by atoms with van der Waals surface area (Å²) in [6.45, 7) is 4.29. The summed E-state index contributed by atoms with van der Waals surface area (Å²) in [4.78, 5) is 22.6. The van der Waals surface area contributed by atoms with Gasteiger partial charge in [0.15, 0.2) is 0 Å². The predicted octanol–water partition coefficient (Wildman–Crippen LogP) is 2.44. The van der Waals surface area contributed by atoms with Crippen molar-refractivity contribution in [2.24, 2.45) is 0 Å². The van der Waals surface area contributed by atoms with Crippen molar-refractivity contribution in [2.45, 2.75) is 13.8 Å². The Kier molecular flexibility index (Phi) is 4.43. The van der Waals surface area contributed by atoms with E-state index in [9.17, 15) is 14.9 Å². The van der Waals surface area contributed by atoms with E-state index in [0.717, 1.165) is 0 Å². The second-order valence-electron chi connectivity index (χ2n) is 4.10. The minimum Gasteiger partial charge on any atom is -0.385 e. The van der Waals surface area contributed by atoms with Crippen LogP contribution in [-0.4, -0.2) is 27.6 Å². The molecule has 21 heavy (non-hydrogen) atoms. The molecule has 1 amide bonds. The fourth-order valence-electron chi connectivity index (χ4n) is 1.70. The number of aromatic nitrogens is 2. The maximum absolute atomic E-state index is 12.2. The van der Waals surface area contributed by atoms with Gasteiger partial charge in [-0.05, 0) is 26.0 Å². The number of anilines is 2. The standard InChI is InChI=1S/C12H13N5O3S/c1-3-13-8-4-5-10(17(19)20)9(6-8)11(18)14-12-16-15-7(2)21-12/h4-6,13H,3H2,1-2H3,(H,14,16,18). The number of carbonyl (C=O) groups is 1. The first-order chi connectivity index (χ1) is 10.0. The number of aryl methyl sites for hydroxylation is 1. The normalized spacial score (nSPS) is 10.2. The van der Waals surface area contributed by atoms with Gasteiger partial charge in [-0.25, -0.2) is 0 Å². The Bertz CT molecular complexity index is 685. The van der Waals surface area contributed by atoms with Crippen molar-refractivity contribution in [2.75, 3.05) is 17.2 Å². The van der Waals surface area contributed by atoms with Crippen LogP contribution in [0.2, 0.25) is 0 Å². The largest absolute Gasteiger partial charge is 0.385 e. The third-order valence-corrected chi connectivity index (χ3v) is 3.32. The molecule has 0 fully saturated rings. The average Bonchev–Trinajstić information content (AvgIpc) is 2.84. The molecule has 0 radical (unpaired) electrons. The number of nitrogens with one attached hydrogen (secondary N) is 2. The fraction of sp³-hybridized carbons (Fsp3) is 0.250. The first kappa shape index (κ1) is 14.9. The Labute approximate surface area is 124 Å². The van der Waals surface area contributed by atoms with Gasteiger partial charge in [0.2, 0.25) is 5.13 Å². The molecule has 0 saturated carbocycles. The van der Waals surface area contributed by atoms with Gasteiger partial charge in [-0.2, -0.15) is 0 Å². The second-order valence-corrected chi connectivity index (χ2v) is 5.28. The highest BCUT2D eigenvalue weighted by Gasteiger charge is 2.21. The molecule has 1 heterocycles. The lowest BCUT2D eigenvalue weighted by atomic mass is 10.1. The van der Waals surface area contributed by atoms with Gasteiger partial charge in [-0.1, -0.05) is 11.3 Å². The third-order valence-electron chi connectivity index (χ3n) is 2.57. The third kappa shape index (κ3) is 3.51. The van der Waals surface area contributed by atoms with E-state index < -0.39 is 10.8 Å². The van der Waals surface area contributed by atoms with Gasteiger partial charge >= 0.3 is 0 Å². The number of hydrogen-bond donors (Lipinski definition) is 2. The average molecular weight is 307 g/mol. The molecule has 0 atom stereocenters. The van der Waals surface area contributed by atoms with E-state index in [1.807, 2.05) is 6.92 Å². The summed E-state index contributed by atoms with van der Waals surface area (Å²) in [5.41, 5.74) is 0.364. The van der Waals surface area contributed by atoms with Crippen molar-refractivity contribution in [3.05, 3.63) is 38.9 Å². The van der Waals surface area contributed by atoms with Gasteiger partial charge in [0.1, 0.15) is 10.6 Å². The molecule has 2 rings (SSSR count). The summed E-state index contributed by atoms with van der Waals surface area (Å²) in [6, 6.07) is 4.32. The Morgan fingerprint density at radius 2 is 2.19 bits per heavy atom. The lowest BCUT2D eigenvalue weighted by Gasteiger charge is -2.07. The van der Waals surface area contributed by atoms with Gasteiger partial charge in [-0.3, -0.25) is 20.2 Å². The number of nitro groups is 1. The summed E-state index contributed by atoms with van der Waals surface area (Å²) in [7, 11) is 0. The Morgan fingerprint density at radius 3 is 2.76 bits per heavy atom. The number of rotatable bonds is 5. The highest BCUT2D eigenvalue weighted by Crippen LogP contribution is 2.24. The maximum atomic E-state index is 12.2. The minimum absolute atomic E-state index is 0.0219. The first-order valence-corrected chi connectivity index (χ1v) is 6.96. The van der Waals surface area contributed by atoms with Gasteiger partial charge in [0.25, 0.3) is 11.6 Å².